The van der Waals surface area contributed by atoms with E-state index in [1.54, 1.807) is 30.3 Å². The minimum atomic E-state index is -3.79. The van der Waals surface area contributed by atoms with Gasteiger partial charge in [-0.25, -0.2) is 8.42 Å². The molecule has 2 heterocycles. The lowest BCUT2D eigenvalue weighted by molar-refractivity contribution is 0.171. The monoisotopic (exact) mass is 492 g/mol. The fraction of sp³-hybridized carbons (Fsp3) is 0.200. The number of aryl methyl sites for hydroxylation is 1. The summed E-state index contributed by atoms with van der Waals surface area (Å²) in [6.45, 7) is 4.74. The highest BCUT2D eigenvalue weighted by Gasteiger charge is 2.20. The lowest BCUT2D eigenvalue weighted by Gasteiger charge is -2.19. The van der Waals surface area contributed by atoms with Gasteiger partial charge in [0.2, 0.25) is 11.8 Å². The normalized spacial score (nSPS) is 13.8. The van der Waals surface area contributed by atoms with E-state index >= 15 is 0 Å². The van der Waals surface area contributed by atoms with Crippen molar-refractivity contribution in [2.24, 2.45) is 0 Å². The Morgan fingerprint density at radius 2 is 1.63 bits per heavy atom. The molecule has 0 saturated heterocycles. The first-order valence-electron chi connectivity index (χ1n) is 11.1. The quantitative estimate of drug-likeness (QED) is 0.378. The molecule has 1 atom stereocenters. The van der Waals surface area contributed by atoms with Crippen molar-refractivity contribution in [2.45, 2.75) is 24.8 Å². The summed E-state index contributed by atoms with van der Waals surface area (Å²) in [6.07, 6.45) is 0. The number of nitrogens with one attached hydrogen (secondary N) is 2. The number of fused-ring (bicyclic) bond motifs is 1. The average molecular weight is 493 g/mol. The van der Waals surface area contributed by atoms with Crippen LogP contribution in [-0.4, -0.2) is 31.8 Å². The summed E-state index contributed by atoms with van der Waals surface area (Å²) in [6, 6.07) is 19.1. The second-order valence-electron chi connectivity index (χ2n) is 8.17. The minimum absolute atomic E-state index is 0.0957. The molecule has 1 aliphatic heterocycles. The first kappa shape index (κ1) is 22.7. The van der Waals surface area contributed by atoms with E-state index in [0.717, 1.165) is 16.8 Å². The molecule has 1 aliphatic rings. The fourth-order valence-electron chi connectivity index (χ4n) is 3.66. The molecule has 0 saturated carbocycles. The Morgan fingerprint density at radius 1 is 0.886 bits per heavy atom. The molecule has 0 bridgehead atoms. The van der Waals surface area contributed by atoms with Gasteiger partial charge in [0.25, 0.3) is 10.0 Å². The zero-order valence-corrected chi connectivity index (χ0v) is 20.0. The number of nitrogens with zero attached hydrogens (tertiary/aromatic N) is 2. The molecule has 1 aromatic heterocycles. The summed E-state index contributed by atoms with van der Waals surface area (Å²) >= 11 is 0. The highest BCUT2D eigenvalue weighted by atomic mass is 32.2. The molecule has 0 aliphatic carbocycles. The maximum absolute atomic E-state index is 12.8. The number of benzene rings is 3. The number of sulfonamides is 1. The van der Waals surface area contributed by atoms with Crippen LogP contribution in [0.2, 0.25) is 0 Å². The van der Waals surface area contributed by atoms with Crippen LogP contribution in [0.5, 0.6) is 11.5 Å². The van der Waals surface area contributed by atoms with E-state index in [1.807, 2.05) is 38.1 Å². The molecule has 9 nitrogen and oxygen atoms in total. The van der Waals surface area contributed by atoms with Gasteiger partial charge in [0, 0.05) is 23.0 Å². The molecule has 5 rings (SSSR count). The van der Waals surface area contributed by atoms with Gasteiger partial charge in [0.05, 0.1) is 4.90 Å². The number of hydrogen-bond donors (Lipinski definition) is 2. The third-order valence-electron chi connectivity index (χ3n) is 5.42. The molecule has 180 valence electrons. The third-order valence-corrected chi connectivity index (χ3v) is 6.80. The van der Waals surface area contributed by atoms with Crippen LogP contribution in [0.1, 0.15) is 24.4 Å². The Labute approximate surface area is 203 Å². The minimum Gasteiger partial charge on any atom is -0.486 e. The van der Waals surface area contributed by atoms with E-state index in [2.05, 4.69) is 20.2 Å². The third kappa shape index (κ3) is 5.07. The van der Waals surface area contributed by atoms with Crippen LogP contribution >= 0.6 is 0 Å². The molecule has 0 radical (unpaired) electrons. The van der Waals surface area contributed by atoms with Gasteiger partial charge in [-0.3, -0.25) is 4.72 Å². The van der Waals surface area contributed by atoms with Crippen molar-refractivity contribution in [1.29, 1.82) is 0 Å². The van der Waals surface area contributed by atoms with Crippen LogP contribution in [0, 0.1) is 6.92 Å². The first-order valence-corrected chi connectivity index (χ1v) is 12.6. The van der Waals surface area contributed by atoms with E-state index in [4.69, 9.17) is 13.9 Å². The van der Waals surface area contributed by atoms with Crippen molar-refractivity contribution in [3.05, 3.63) is 78.2 Å². The zero-order valence-electron chi connectivity index (χ0n) is 19.2. The molecule has 2 N–H and O–H groups in total. The second-order valence-corrected chi connectivity index (χ2v) is 9.85. The molecule has 10 heteroatoms. The Balaban J connectivity index is 1.24. The molecular weight excluding hydrogens is 468 g/mol. The van der Waals surface area contributed by atoms with Crippen molar-refractivity contribution in [3.63, 3.8) is 0 Å². The van der Waals surface area contributed by atoms with Crippen LogP contribution < -0.4 is 19.5 Å². The second kappa shape index (κ2) is 9.30. The molecule has 0 amide bonds. The number of hydrogen-bond acceptors (Lipinski definition) is 8. The molecule has 0 fully saturated rings. The van der Waals surface area contributed by atoms with Crippen molar-refractivity contribution in [3.8, 4) is 23.0 Å². The molecule has 3 aromatic carbocycles. The predicted molar refractivity (Wildman–Crippen MR) is 131 cm³/mol. The van der Waals surface area contributed by atoms with E-state index < -0.39 is 10.0 Å². The number of aromatic nitrogens is 2. The maximum Gasteiger partial charge on any atom is 0.262 e. The summed E-state index contributed by atoms with van der Waals surface area (Å²) in [7, 11) is -3.79. The molecule has 4 aromatic rings. The molecule has 0 spiro atoms. The van der Waals surface area contributed by atoms with Crippen molar-refractivity contribution in [2.75, 3.05) is 23.3 Å². The summed E-state index contributed by atoms with van der Waals surface area (Å²) in [5.41, 5.74) is 3.18. The largest absolute Gasteiger partial charge is 0.486 e. The van der Waals surface area contributed by atoms with Crippen molar-refractivity contribution >= 4 is 21.4 Å². The van der Waals surface area contributed by atoms with E-state index in [1.165, 1.54) is 12.1 Å². The summed E-state index contributed by atoms with van der Waals surface area (Å²) in [5, 5.41) is 11.6. The van der Waals surface area contributed by atoms with Gasteiger partial charge < -0.3 is 19.2 Å². The summed E-state index contributed by atoms with van der Waals surface area (Å²) < 4.78 is 45.0. The number of ether oxygens (including phenoxy) is 2. The zero-order chi connectivity index (χ0) is 24.4. The SMILES string of the molecule is Cc1cccc(-c2nnc(C(C)Nc3ccc(NS(=O)(=O)c4ccc5c(c4)OCCO5)cc3)o2)c1. The summed E-state index contributed by atoms with van der Waals surface area (Å²) in [5.74, 6) is 1.86. The van der Waals surface area contributed by atoms with Crippen molar-refractivity contribution < 1.29 is 22.3 Å². The van der Waals surface area contributed by atoms with Gasteiger partial charge in [-0.1, -0.05) is 17.7 Å². The van der Waals surface area contributed by atoms with E-state index in [0.29, 0.717) is 42.2 Å². The molecule has 1 unspecified atom stereocenters. The lowest BCUT2D eigenvalue weighted by atomic mass is 10.1. The lowest BCUT2D eigenvalue weighted by Crippen LogP contribution is -2.17. The Kier molecular flexibility index (Phi) is 6.04. The van der Waals surface area contributed by atoms with Crippen LogP contribution in [0.3, 0.4) is 0 Å². The highest BCUT2D eigenvalue weighted by Crippen LogP contribution is 2.33. The summed E-state index contributed by atoms with van der Waals surface area (Å²) in [4.78, 5) is 0.0957. The van der Waals surface area contributed by atoms with Gasteiger partial charge in [-0.2, -0.15) is 0 Å². The van der Waals surface area contributed by atoms with Gasteiger partial charge in [-0.05, 0) is 62.4 Å². The predicted octanol–water partition coefficient (Wildman–Crippen LogP) is 4.79. The fourth-order valence-corrected chi connectivity index (χ4v) is 4.73. The topological polar surface area (TPSA) is 116 Å². The Hall–Kier alpha value is -4.05. The Morgan fingerprint density at radius 3 is 2.40 bits per heavy atom. The van der Waals surface area contributed by atoms with Crippen LogP contribution in [-0.2, 0) is 10.0 Å². The first-order chi connectivity index (χ1) is 16.9. The Bertz CT molecular complexity index is 1450. The van der Waals surface area contributed by atoms with Gasteiger partial charge in [-0.15, -0.1) is 10.2 Å². The van der Waals surface area contributed by atoms with Crippen LogP contribution in [0.15, 0.2) is 76.0 Å². The number of anilines is 2. The van der Waals surface area contributed by atoms with Gasteiger partial charge >= 0.3 is 0 Å². The average Bonchev–Trinajstić information content (AvgIpc) is 3.35. The molecular formula is C25H24N4O5S. The van der Waals surface area contributed by atoms with Crippen molar-refractivity contribution in [1.82, 2.24) is 10.2 Å². The number of rotatable bonds is 7. The standard InChI is InChI=1S/C25H24N4O5S/c1-16-4-3-5-18(14-16)25-28-27-24(34-25)17(2)26-19-6-8-20(9-7-19)29-35(30,31)21-10-11-22-23(15-21)33-13-12-32-22/h3-11,14-15,17,26,29H,12-13H2,1-2H3. The van der Waals surface area contributed by atoms with E-state index in [9.17, 15) is 8.42 Å². The van der Waals surface area contributed by atoms with Gasteiger partial charge in [0.1, 0.15) is 19.3 Å². The van der Waals surface area contributed by atoms with Crippen LogP contribution in [0.4, 0.5) is 11.4 Å². The van der Waals surface area contributed by atoms with Gasteiger partial charge in [0.15, 0.2) is 11.5 Å². The van der Waals surface area contributed by atoms with E-state index in [-0.39, 0.29) is 10.9 Å². The highest BCUT2D eigenvalue weighted by molar-refractivity contribution is 7.92. The van der Waals surface area contributed by atoms with Crippen LogP contribution in [0.25, 0.3) is 11.5 Å². The molecule has 35 heavy (non-hydrogen) atoms. The maximum atomic E-state index is 12.8. The smallest absolute Gasteiger partial charge is 0.262 e.